The van der Waals surface area contributed by atoms with Gasteiger partial charge in [0.25, 0.3) is 0 Å². The first kappa shape index (κ1) is 9.23. The van der Waals surface area contributed by atoms with Gasteiger partial charge in [-0.2, -0.15) is 0 Å². The van der Waals surface area contributed by atoms with Crippen LogP contribution in [0.15, 0.2) is 36.4 Å². The second kappa shape index (κ2) is 5.74. The van der Waals surface area contributed by atoms with E-state index >= 15 is 0 Å². The molecule has 1 aromatic rings. The van der Waals surface area contributed by atoms with Gasteiger partial charge in [-0.25, -0.2) is 0 Å². The number of allylic oxidation sites excluding steroid dienone is 1. The molecule has 12 heavy (non-hydrogen) atoms. The predicted molar refractivity (Wildman–Crippen MR) is 55.7 cm³/mol. The average Bonchev–Trinajstić information content (AvgIpc) is 2.14. The van der Waals surface area contributed by atoms with E-state index in [0.29, 0.717) is 0 Å². The summed E-state index contributed by atoms with van der Waals surface area (Å²) >= 11 is 0. The van der Waals surface area contributed by atoms with Crippen molar-refractivity contribution in [2.45, 2.75) is 12.5 Å². The highest BCUT2D eigenvalue weighted by Gasteiger charge is 1.82. The highest BCUT2D eigenvalue weighted by Crippen LogP contribution is 2.02. The normalized spacial score (nSPS) is 11.8. The summed E-state index contributed by atoms with van der Waals surface area (Å²) < 4.78 is 0. The quantitative estimate of drug-likeness (QED) is 0.548. The molecule has 0 aliphatic heterocycles. The number of rotatable bonds is 4. The summed E-state index contributed by atoms with van der Waals surface area (Å²) in [4.78, 5) is 8.67. The molecule has 1 N–H and O–H groups in total. The Labute approximate surface area is 75.7 Å². The molecule has 1 nitrogen and oxygen atoms in total. The maximum Gasteiger partial charge on any atom is 0.157 e. The zero-order valence-corrected chi connectivity index (χ0v) is 8.52. The van der Waals surface area contributed by atoms with Crippen LogP contribution in [0, 0.1) is 0 Å². The van der Waals surface area contributed by atoms with Crippen molar-refractivity contribution in [3.05, 3.63) is 42.0 Å². The van der Waals surface area contributed by atoms with Crippen LogP contribution >= 0.6 is 0 Å². The second-order valence-electron chi connectivity index (χ2n) is 2.68. The zero-order chi connectivity index (χ0) is 8.65. The molecule has 1 rings (SSSR count). The molecule has 0 heterocycles. The van der Waals surface area contributed by atoms with E-state index < -0.39 is 9.76 Å². The molecule has 0 amide bonds. The highest BCUT2D eigenvalue weighted by atomic mass is 28.2. The van der Waals surface area contributed by atoms with Crippen molar-refractivity contribution in [2.24, 2.45) is 0 Å². The van der Waals surface area contributed by atoms with E-state index in [2.05, 4.69) is 24.3 Å². The lowest BCUT2D eigenvalue weighted by atomic mass is 10.2. The van der Waals surface area contributed by atoms with E-state index in [0.717, 1.165) is 12.5 Å². The lowest BCUT2D eigenvalue weighted by Crippen LogP contribution is -1.82. The average molecular weight is 178 g/mol. The lowest BCUT2D eigenvalue weighted by molar-refractivity contribution is 0.600. The molecule has 0 bridgehead atoms. The Morgan fingerprint density at radius 1 is 1.25 bits per heavy atom. The van der Waals surface area contributed by atoms with Crippen molar-refractivity contribution in [1.82, 2.24) is 0 Å². The fourth-order valence-corrected chi connectivity index (χ4v) is 1.41. The third-order valence-corrected chi connectivity index (χ3v) is 2.36. The highest BCUT2D eigenvalue weighted by molar-refractivity contribution is 6.25. The van der Waals surface area contributed by atoms with Crippen LogP contribution in [-0.2, 0) is 0 Å². The molecule has 0 radical (unpaired) electrons. The zero-order valence-electron chi connectivity index (χ0n) is 7.11. The Bertz CT molecular complexity index is 231. The van der Waals surface area contributed by atoms with Crippen molar-refractivity contribution in [3.63, 3.8) is 0 Å². The van der Waals surface area contributed by atoms with E-state index in [1.807, 2.05) is 18.2 Å². The van der Waals surface area contributed by atoms with Gasteiger partial charge >= 0.3 is 0 Å². The first-order chi connectivity index (χ1) is 5.93. The summed E-state index contributed by atoms with van der Waals surface area (Å²) in [5.41, 5.74) is 1.23. The topological polar surface area (TPSA) is 20.2 Å². The summed E-state index contributed by atoms with van der Waals surface area (Å²) in [6, 6.07) is 11.2. The van der Waals surface area contributed by atoms with Crippen LogP contribution in [0.1, 0.15) is 12.0 Å². The Hall–Kier alpha value is -0.863. The van der Waals surface area contributed by atoms with Gasteiger partial charge in [0.1, 0.15) is 0 Å². The van der Waals surface area contributed by atoms with Crippen LogP contribution in [0.25, 0.3) is 6.08 Å². The van der Waals surface area contributed by atoms with Gasteiger partial charge in [-0.15, -0.1) is 0 Å². The third kappa shape index (κ3) is 3.51. The van der Waals surface area contributed by atoms with Crippen LogP contribution in [0.3, 0.4) is 0 Å². The minimum Gasteiger partial charge on any atom is -0.438 e. The molecular weight excluding hydrogens is 164 g/mol. The maximum absolute atomic E-state index is 8.67. The Morgan fingerprint density at radius 2 is 2.00 bits per heavy atom. The summed E-state index contributed by atoms with van der Waals surface area (Å²) in [6.07, 6.45) is 5.24. The molecule has 0 saturated carbocycles. The first-order valence-corrected chi connectivity index (χ1v) is 5.89. The van der Waals surface area contributed by atoms with E-state index in [4.69, 9.17) is 4.80 Å². The standard InChI is InChI=1S/C10H14OSi/c11-12-9-5-4-8-10-6-2-1-3-7-10/h1-4,6-8,11H,5,9,12H2. The van der Waals surface area contributed by atoms with Crippen LogP contribution in [-0.4, -0.2) is 14.6 Å². The molecular formula is C10H14OSi. The van der Waals surface area contributed by atoms with E-state index in [1.165, 1.54) is 5.56 Å². The second-order valence-corrected chi connectivity index (χ2v) is 3.83. The number of benzene rings is 1. The summed E-state index contributed by atoms with van der Waals surface area (Å²) in [5, 5.41) is 0. The van der Waals surface area contributed by atoms with E-state index in [1.54, 1.807) is 0 Å². The van der Waals surface area contributed by atoms with Crippen molar-refractivity contribution >= 4 is 15.8 Å². The largest absolute Gasteiger partial charge is 0.438 e. The molecule has 2 heteroatoms. The van der Waals surface area contributed by atoms with Gasteiger partial charge < -0.3 is 4.80 Å². The maximum atomic E-state index is 8.67. The van der Waals surface area contributed by atoms with Crippen LogP contribution in [0.4, 0.5) is 0 Å². The van der Waals surface area contributed by atoms with Crippen LogP contribution in [0.5, 0.6) is 0 Å². The fraction of sp³-hybridized carbons (Fsp3) is 0.200. The molecule has 0 aliphatic rings. The van der Waals surface area contributed by atoms with Crippen LogP contribution in [0.2, 0.25) is 6.04 Å². The summed E-state index contributed by atoms with van der Waals surface area (Å²) in [5.74, 6) is 0. The predicted octanol–water partition coefficient (Wildman–Crippen LogP) is 1.58. The number of hydrogen-bond acceptors (Lipinski definition) is 1. The van der Waals surface area contributed by atoms with E-state index in [-0.39, 0.29) is 0 Å². The Kier molecular flexibility index (Phi) is 4.42. The van der Waals surface area contributed by atoms with Gasteiger partial charge in [0.15, 0.2) is 9.76 Å². The molecule has 64 valence electrons. The molecule has 1 aromatic carbocycles. The fourth-order valence-electron chi connectivity index (χ4n) is 0.993. The minimum atomic E-state index is -0.737. The SMILES string of the molecule is O[SiH2]CCC=Cc1ccccc1. The van der Waals surface area contributed by atoms with Gasteiger partial charge in [0.2, 0.25) is 0 Å². The Balaban J connectivity index is 2.36. The van der Waals surface area contributed by atoms with Gasteiger partial charge in [-0.05, 0) is 18.0 Å². The van der Waals surface area contributed by atoms with Crippen molar-refractivity contribution in [3.8, 4) is 0 Å². The van der Waals surface area contributed by atoms with Crippen molar-refractivity contribution in [2.75, 3.05) is 0 Å². The molecule has 0 spiro atoms. The van der Waals surface area contributed by atoms with Crippen LogP contribution < -0.4 is 0 Å². The van der Waals surface area contributed by atoms with Crippen molar-refractivity contribution < 1.29 is 4.80 Å². The monoisotopic (exact) mass is 178 g/mol. The first-order valence-electron chi connectivity index (χ1n) is 4.26. The molecule has 0 atom stereocenters. The molecule has 0 fully saturated rings. The molecule has 0 aliphatic carbocycles. The summed E-state index contributed by atoms with van der Waals surface area (Å²) in [7, 11) is -0.737. The Morgan fingerprint density at radius 3 is 2.67 bits per heavy atom. The minimum absolute atomic E-state index is 0.737. The lowest BCUT2D eigenvalue weighted by Gasteiger charge is -1.90. The van der Waals surface area contributed by atoms with Gasteiger partial charge in [0.05, 0.1) is 0 Å². The van der Waals surface area contributed by atoms with E-state index in [9.17, 15) is 0 Å². The van der Waals surface area contributed by atoms with Gasteiger partial charge in [-0.3, -0.25) is 0 Å². The molecule has 0 unspecified atom stereocenters. The molecule has 0 saturated heterocycles. The number of hydrogen-bond donors (Lipinski definition) is 1. The van der Waals surface area contributed by atoms with Crippen molar-refractivity contribution in [1.29, 1.82) is 0 Å². The summed E-state index contributed by atoms with van der Waals surface area (Å²) in [6.45, 7) is 0. The third-order valence-electron chi connectivity index (χ3n) is 1.64. The van der Waals surface area contributed by atoms with Gasteiger partial charge in [-0.1, -0.05) is 42.5 Å². The van der Waals surface area contributed by atoms with Gasteiger partial charge in [0, 0.05) is 0 Å². The smallest absolute Gasteiger partial charge is 0.157 e. The molecule has 0 aromatic heterocycles.